The van der Waals surface area contributed by atoms with Crippen molar-refractivity contribution in [1.29, 1.82) is 0 Å². The Balaban J connectivity index is 0.00000180. The molecular formula is C15H22BrClNO-. The van der Waals surface area contributed by atoms with Crippen LogP contribution < -0.4 is 22.5 Å². The van der Waals surface area contributed by atoms with Crippen molar-refractivity contribution < 1.29 is 17.1 Å². The van der Waals surface area contributed by atoms with E-state index in [-0.39, 0.29) is 12.4 Å². The normalized spacial score (nSPS) is 16.5. The Bertz CT molecular complexity index is 378. The summed E-state index contributed by atoms with van der Waals surface area (Å²) < 4.78 is 6.28. The van der Waals surface area contributed by atoms with E-state index >= 15 is 0 Å². The monoisotopic (exact) mass is 346 g/mol. The van der Waals surface area contributed by atoms with Crippen molar-refractivity contribution in [2.75, 3.05) is 7.11 Å². The van der Waals surface area contributed by atoms with Gasteiger partial charge in [-0.15, -0.1) is 0 Å². The summed E-state index contributed by atoms with van der Waals surface area (Å²) in [6.45, 7) is 0.952. The Morgan fingerprint density at radius 1 is 1.21 bits per heavy atom. The zero-order valence-electron chi connectivity index (χ0n) is 11.4. The Morgan fingerprint density at radius 3 is 2.47 bits per heavy atom. The van der Waals surface area contributed by atoms with Crippen LogP contribution in [0.4, 0.5) is 0 Å². The number of hydrogen-bond acceptors (Lipinski definition) is 2. The Kier molecular flexibility index (Phi) is 7.81. The smallest absolute Gasteiger partial charge is 0.133 e. The van der Waals surface area contributed by atoms with Crippen LogP contribution in [0.1, 0.15) is 44.1 Å². The minimum absolute atomic E-state index is 0. The summed E-state index contributed by atoms with van der Waals surface area (Å²) >= 11 is 3.53. The molecule has 1 aromatic carbocycles. The first kappa shape index (κ1) is 16.8. The van der Waals surface area contributed by atoms with Crippen molar-refractivity contribution in [2.24, 2.45) is 0 Å². The Labute approximate surface area is 130 Å². The van der Waals surface area contributed by atoms with Crippen LogP contribution in [-0.4, -0.2) is 13.2 Å². The number of rotatable bonds is 4. The van der Waals surface area contributed by atoms with Gasteiger partial charge >= 0.3 is 0 Å². The van der Waals surface area contributed by atoms with E-state index in [4.69, 9.17) is 4.74 Å². The topological polar surface area (TPSA) is 21.3 Å². The predicted molar refractivity (Wildman–Crippen MR) is 79.0 cm³/mol. The summed E-state index contributed by atoms with van der Waals surface area (Å²) in [7, 11) is 1.70. The van der Waals surface area contributed by atoms with Gasteiger partial charge in [0.15, 0.2) is 0 Å². The van der Waals surface area contributed by atoms with Crippen molar-refractivity contribution in [2.45, 2.75) is 51.1 Å². The second-order valence-electron chi connectivity index (χ2n) is 5.04. The SMILES string of the molecule is COc1ccc(CNC2CCCCCC2)cc1Br.[Cl-]. The quantitative estimate of drug-likeness (QED) is 0.829. The molecular weight excluding hydrogens is 326 g/mol. The van der Waals surface area contributed by atoms with E-state index in [0.29, 0.717) is 6.04 Å². The fourth-order valence-electron chi connectivity index (χ4n) is 2.57. The lowest BCUT2D eigenvalue weighted by Gasteiger charge is -2.16. The molecule has 0 heterocycles. The van der Waals surface area contributed by atoms with E-state index < -0.39 is 0 Å². The van der Waals surface area contributed by atoms with Gasteiger partial charge < -0.3 is 22.5 Å². The molecule has 0 spiro atoms. The summed E-state index contributed by atoms with van der Waals surface area (Å²) in [5.74, 6) is 0.896. The minimum atomic E-state index is 0. The van der Waals surface area contributed by atoms with Crippen LogP contribution in [0, 0.1) is 0 Å². The third-order valence-corrected chi connectivity index (χ3v) is 4.29. The zero-order valence-corrected chi connectivity index (χ0v) is 13.8. The molecule has 0 bridgehead atoms. The lowest BCUT2D eigenvalue weighted by molar-refractivity contribution is -0.00000402. The van der Waals surface area contributed by atoms with Crippen LogP contribution in [-0.2, 0) is 6.54 Å². The molecule has 1 saturated carbocycles. The van der Waals surface area contributed by atoms with Crippen LogP contribution in [0.5, 0.6) is 5.75 Å². The standard InChI is InChI=1S/C15H22BrNO.ClH/c1-18-15-9-8-12(10-14(15)16)11-17-13-6-4-2-3-5-7-13;/h8-10,13,17H,2-7,11H2,1H3;1H/p-1. The fourth-order valence-corrected chi connectivity index (χ4v) is 3.15. The maximum absolute atomic E-state index is 5.24. The van der Waals surface area contributed by atoms with Crippen molar-refractivity contribution in [3.05, 3.63) is 28.2 Å². The van der Waals surface area contributed by atoms with Gasteiger partial charge in [0.25, 0.3) is 0 Å². The highest BCUT2D eigenvalue weighted by Gasteiger charge is 2.11. The van der Waals surface area contributed by atoms with Gasteiger partial charge in [-0.2, -0.15) is 0 Å². The average molecular weight is 348 g/mol. The highest BCUT2D eigenvalue weighted by atomic mass is 79.9. The molecule has 0 amide bonds. The molecule has 1 fully saturated rings. The molecule has 0 aromatic heterocycles. The first-order valence-electron chi connectivity index (χ1n) is 6.85. The predicted octanol–water partition coefficient (Wildman–Crippen LogP) is 1.27. The molecule has 108 valence electrons. The highest BCUT2D eigenvalue weighted by molar-refractivity contribution is 9.10. The van der Waals surface area contributed by atoms with Crippen LogP contribution >= 0.6 is 15.9 Å². The summed E-state index contributed by atoms with van der Waals surface area (Å²) in [6.07, 6.45) is 8.24. The van der Waals surface area contributed by atoms with Crippen LogP contribution in [0.25, 0.3) is 0 Å². The van der Waals surface area contributed by atoms with E-state index in [1.54, 1.807) is 7.11 Å². The second kappa shape index (κ2) is 8.83. The van der Waals surface area contributed by atoms with Crippen LogP contribution in [0.3, 0.4) is 0 Å². The first-order valence-corrected chi connectivity index (χ1v) is 7.64. The minimum Gasteiger partial charge on any atom is -1.00 e. The van der Waals surface area contributed by atoms with Crippen molar-refractivity contribution in [1.82, 2.24) is 5.32 Å². The van der Waals surface area contributed by atoms with Gasteiger partial charge in [0.2, 0.25) is 0 Å². The lowest BCUT2D eigenvalue weighted by Crippen LogP contribution is -3.00. The molecule has 1 aromatic rings. The number of benzene rings is 1. The van der Waals surface area contributed by atoms with Crippen molar-refractivity contribution in [3.63, 3.8) is 0 Å². The maximum Gasteiger partial charge on any atom is 0.133 e. The first-order chi connectivity index (χ1) is 8.79. The van der Waals surface area contributed by atoms with Gasteiger partial charge in [0.1, 0.15) is 5.75 Å². The molecule has 19 heavy (non-hydrogen) atoms. The molecule has 0 atom stereocenters. The molecule has 0 saturated heterocycles. The van der Waals surface area contributed by atoms with E-state index in [0.717, 1.165) is 16.8 Å². The number of methoxy groups -OCH3 is 1. The second-order valence-corrected chi connectivity index (χ2v) is 5.89. The molecule has 0 aliphatic heterocycles. The zero-order chi connectivity index (χ0) is 12.8. The summed E-state index contributed by atoms with van der Waals surface area (Å²) in [4.78, 5) is 0. The molecule has 1 N–H and O–H groups in total. The summed E-state index contributed by atoms with van der Waals surface area (Å²) in [5.41, 5.74) is 1.31. The van der Waals surface area contributed by atoms with Gasteiger partial charge in [-0.1, -0.05) is 31.7 Å². The summed E-state index contributed by atoms with van der Waals surface area (Å²) in [5, 5.41) is 3.68. The van der Waals surface area contributed by atoms with E-state index in [2.05, 4.69) is 33.4 Å². The van der Waals surface area contributed by atoms with Crippen LogP contribution in [0.15, 0.2) is 22.7 Å². The van der Waals surface area contributed by atoms with E-state index in [1.807, 2.05) is 6.07 Å². The number of nitrogens with one attached hydrogen (secondary N) is 1. The highest BCUT2D eigenvalue weighted by Crippen LogP contribution is 2.25. The molecule has 0 unspecified atom stereocenters. The number of ether oxygens (including phenoxy) is 1. The largest absolute Gasteiger partial charge is 1.00 e. The maximum atomic E-state index is 5.24. The molecule has 4 heteroatoms. The van der Waals surface area contributed by atoms with Crippen molar-refractivity contribution >= 4 is 15.9 Å². The van der Waals surface area contributed by atoms with Gasteiger partial charge in [-0.25, -0.2) is 0 Å². The molecule has 1 aliphatic rings. The third kappa shape index (κ3) is 5.33. The third-order valence-electron chi connectivity index (χ3n) is 3.67. The van der Waals surface area contributed by atoms with Gasteiger partial charge in [-0.3, -0.25) is 0 Å². The van der Waals surface area contributed by atoms with Gasteiger partial charge in [0.05, 0.1) is 11.6 Å². The van der Waals surface area contributed by atoms with E-state index in [9.17, 15) is 0 Å². The Hall–Kier alpha value is -0.250. The molecule has 2 rings (SSSR count). The molecule has 1 aliphatic carbocycles. The van der Waals surface area contributed by atoms with Gasteiger partial charge in [-0.05, 0) is 46.5 Å². The molecule has 2 nitrogen and oxygen atoms in total. The average Bonchev–Trinajstić information content (AvgIpc) is 2.65. The van der Waals surface area contributed by atoms with E-state index in [1.165, 1.54) is 44.1 Å². The fraction of sp³-hybridized carbons (Fsp3) is 0.600. The van der Waals surface area contributed by atoms with Gasteiger partial charge in [0, 0.05) is 12.6 Å². The number of hydrogen-bond donors (Lipinski definition) is 1. The number of halogens is 2. The van der Waals surface area contributed by atoms with Crippen molar-refractivity contribution in [3.8, 4) is 5.75 Å². The summed E-state index contributed by atoms with van der Waals surface area (Å²) in [6, 6.07) is 7.00. The lowest BCUT2D eigenvalue weighted by atomic mass is 10.1. The van der Waals surface area contributed by atoms with Crippen LogP contribution in [0.2, 0.25) is 0 Å². The molecule has 0 radical (unpaired) electrons. The Morgan fingerprint density at radius 2 is 1.89 bits per heavy atom.